The SMILES string of the molecule is CCC(=Nc1cnc(N2CCN(C)CC2)nc1)c1c(O)[nH]c2ccc(C(=O)NCC(F)(F)F)cc12. The van der Waals surface area contributed by atoms with Crippen LogP contribution >= 0.6 is 0 Å². The molecule has 35 heavy (non-hydrogen) atoms. The number of alkyl halides is 3. The van der Waals surface area contributed by atoms with Crippen LogP contribution in [0.25, 0.3) is 10.9 Å². The maximum absolute atomic E-state index is 12.5. The molecule has 1 aromatic carbocycles. The molecule has 0 atom stereocenters. The number of aromatic nitrogens is 3. The average molecular weight is 490 g/mol. The van der Waals surface area contributed by atoms with Crippen molar-refractivity contribution in [3.8, 4) is 5.88 Å². The number of piperazine rings is 1. The van der Waals surface area contributed by atoms with E-state index in [9.17, 15) is 23.1 Å². The summed E-state index contributed by atoms with van der Waals surface area (Å²) in [6, 6.07) is 4.36. The number of aromatic hydroxyl groups is 1. The number of rotatable bonds is 6. The third kappa shape index (κ3) is 5.70. The van der Waals surface area contributed by atoms with E-state index in [1.807, 2.05) is 12.2 Å². The Morgan fingerprint density at radius 3 is 2.51 bits per heavy atom. The molecule has 2 aromatic heterocycles. The van der Waals surface area contributed by atoms with Gasteiger partial charge in [0.05, 0.1) is 23.7 Å². The van der Waals surface area contributed by atoms with Gasteiger partial charge >= 0.3 is 6.18 Å². The molecule has 0 saturated carbocycles. The number of amides is 1. The summed E-state index contributed by atoms with van der Waals surface area (Å²) in [5.74, 6) is -0.387. The topological polar surface area (TPSA) is 110 Å². The van der Waals surface area contributed by atoms with Crippen molar-refractivity contribution in [3.05, 3.63) is 41.7 Å². The van der Waals surface area contributed by atoms with Crippen LogP contribution in [0.5, 0.6) is 5.88 Å². The largest absolute Gasteiger partial charge is 0.494 e. The van der Waals surface area contributed by atoms with Crippen molar-refractivity contribution < 1.29 is 23.1 Å². The van der Waals surface area contributed by atoms with Crippen LogP contribution in [0.3, 0.4) is 0 Å². The van der Waals surface area contributed by atoms with E-state index in [4.69, 9.17) is 0 Å². The lowest BCUT2D eigenvalue weighted by Crippen LogP contribution is -2.45. The monoisotopic (exact) mass is 489 g/mol. The molecule has 0 unspecified atom stereocenters. The highest BCUT2D eigenvalue weighted by Crippen LogP contribution is 2.31. The van der Waals surface area contributed by atoms with Gasteiger partial charge in [0, 0.05) is 42.6 Å². The number of H-pyrrole nitrogens is 1. The highest BCUT2D eigenvalue weighted by Gasteiger charge is 2.28. The Balaban J connectivity index is 1.61. The van der Waals surface area contributed by atoms with E-state index in [0.29, 0.717) is 40.2 Å². The lowest BCUT2D eigenvalue weighted by Gasteiger charge is -2.32. The number of aromatic amines is 1. The molecule has 1 aliphatic heterocycles. The molecule has 186 valence electrons. The van der Waals surface area contributed by atoms with E-state index in [-0.39, 0.29) is 11.4 Å². The number of benzene rings is 1. The van der Waals surface area contributed by atoms with E-state index in [0.717, 1.165) is 26.2 Å². The number of nitrogens with one attached hydrogen (secondary N) is 2. The van der Waals surface area contributed by atoms with Gasteiger partial charge in [-0.2, -0.15) is 13.2 Å². The zero-order valence-electron chi connectivity index (χ0n) is 19.4. The number of carbonyl (C=O) groups excluding carboxylic acids is 1. The zero-order chi connectivity index (χ0) is 25.2. The first-order valence-corrected chi connectivity index (χ1v) is 11.2. The fraction of sp³-hybridized carbons (Fsp3) is 0.391. The van der Waals surface area contributed by atoms with Crippen molar-refractivity contribution in [1.29, 1.82) is 0 Å². The smallest absolute Gasteiger partial charge is 0.405 e. The molecule has 1 fully saturated rings. The van der Waals surface area contributed by atoms with Crippen LogP contribution in [0, 0.1) is 0 Å². The fourth-order valence-corrected chi connectivity index (χ4v) is 3.90. The van der Waals surface area contributed by atoms with Crippen LogP contribution < -0.4 is 10.2 Å². The summed E-state index contributed by atoms with van der Waals surface area (Å²) in [5.41, 5.74) is 1.94. The Kier molecular flexibility index (Phi) is 6.92. The van der Waals surface area contributed by atoms with Crippen molar-refractivity contribution >= 4 is 34.2 Å². The van der Waals surface area contributed by atoms with E-state index >= 15 is 0 Å². The molecule has 1 amide bonds. The van der Waals surface area contributed by atoms with Gasteiger partial charge in [-0.3, -0.25) is 4.79 Å². The highest BCUT2D eigenvalue weighted by molar-refractivity contribution is 6.14. The summed E-state index contributed by atoms with van der Waals surface area (Å²) in [5, 5.41) is 12.9. The maximum Gasteiger partial charge on any atom is 0.405 e. The minimum Gasteiger partial charge on any atom is -0.494 e. The molecule has 9 nitrogen and oxygen atoms in total. The number of hydrogen-bond acceptors (Lipinski definition) is 7. The van der Waals surface area contributed by atoms with Crippen LogP contribution in [-0.4, -0.2) is 82.5 Å². The Labute approximate surface area is 199 Å². The second-order valence-electron chi connectivity index (χ2n) is 8.35. The summed E-state index contributed by atoms with van der Waals surface area (Å²) in [6.07, 6.45) is -0.858. The number of likely N-dealkylation sites (N-methyl/N-ethyl adjacent to an activating group) is 1. The molecule has 0 spiro atoms. The number of hydrogen-bond donors (Lipinski definition) is 3. The van der Waals surface area contributed by atoms with Crippen LogP contribution in [0.2, 0.25) is 0 Å². The number of carbonyl (C=O) groups is 1. The first kappa shape index (κ1) is 24.5. The second-order valence-corrected chi connectivity index (χ2v) is 8.35. The molecule has 3 heterocycles. The summed E-state index contributed by atoms with van der Waals surface area (Å²) < 4.78 is 37.4. The lowest BCUT2D eigenvalue weighted by molar-refractivity contribution is -0.123. The molecule has 3 aromatic rings. The molecular weight excluding hydrogens is 463 g/mol. The fourth-order valence-electron chi connectivity index (χ4n) is 3.90. The second kappa shape index (κ2) is 9.90. The number of halogens is 3. The van der Waals surface area contributed by atoms with Gasteiger partial charge in [0.15, 0.2) is 5.88 Å². The summed E-state index contributed by atoms with van der Waals surface area (Å²) in [7, 11) is 2.07. The van der Waals surface area contributed by atoms with Crippen LogP contribution in [0.15, 0.2) is 35.6 Å². The highest BCUT2D eigenvalue weighted by atomic mass is 19.4. The number of anilines is 1. The molecule has 4 rings (SSSR count). The molecule has 0 radical (unpaired) electrons. The molecule has 12 heteroatoms. The normalized spacial score (nSPS) is 15.6. The number of fused-ring (bicyclic) bond motifs is 1. The predicted molar refractivity (Wildman–Crippen MR) is 127 cm³/mol. The maximum atomic E-state index is 12.5. The third-order valence-corrected chi connectivity index (χ3v) is 5.79. The molecule has 0 aliphatic carbocycles. The quantitative estimate of drug-likeness (QED) is 0.459. The minimum atomic E-state index is -4.51. The zero-order valence-corrected chi connectivity index (χ0v) is 19.4. The average Bonchev–Trinajstić information content (AvgIpc) is 3.16. The van der Waals surface area contributed by atoms with E-state index in [2.05, 4.69) is 36.8 Å². The third-order valence-electron chi connectivity index (χ3n) is 5.79. The molecule has 0 bridgehead atoms. The standard InChI is InChI=1S/C23H26F3N7O2/c1-3-17(30-15-11-27-22(28-12-15)33-8-6-32(2)7-9-33)19-16-10-14(4-5-18(16)31-21(19)35)20(34)29-13-23(24,25)26/h4-5,10-12,31,35H,3,6-9,13H2,1-2H3,(H,29,34). The van der Waals surface area contributed by atoms with Gasteiger partial charge in [-0.05, 0) is 31.7 Å². The predicted octanol–water partition coefficient (Wildman–Crippen LogP) is 3.24. The van der Waals surface area contributed by atoms with Gasteiger partial charge < -0.3 is 25.2 Å². The van der Waals surface area contributed by atoms with Crippen molar-refractivity contribution in [1.82, 2.24) is 25.2 Å². The van der Waals surface area contributed by atoms with Gasteiger partial charge in [-0.25, -0.2) is 15.0 Å². The first-order valence-electron chi connectivity index (χ1n) is 11.2. The Bertz CT molecular complexity index is 1230. The van der Waals surface area contributed by atoms with E-state index in [1.165, 1.54) is 18.2 Å². The number of aliphatic imine (C=N–C) groups is 1. The molecule has 1 saturated heterocycles. The van der Waals surface area contributed by atoms with Crippen molar-refractivity contribution in [3.63, 3.8) is 0 Å². The van der Waals surface area contributed by atoms with Gasteiger partial charge in [-0.1, -0.05) is 6.92 Å². The minimum absolute atomic E-state index is 0.0392. The van der Waals surface area contributed by atoms with Gasteiger partial charge in [0.25, 0.3) is 5.91 Å². The summed E-state index contributed by atoms with van der Waals surface area (Å²) >= 11 is 0. The van der Waals surface area contributed by atoms with Crippen LogP contribution in [0.4, 0.5) is 24.8 Å². The summed E-state index contributed by atoms with van der Waals surface area (Å²) in [6.45, 7) is 3.96. The molecule has 1 aliphatic rings. The van der Waals surface area contributed by atoms with Crippen molar-refractivity contribution in [2.75, 3.05) is 44.7 Å². The van der Waals surface area contributed by atoms with E-state index in [1.54, 1.807) is 12.4 Å². The van der Waals surface area contributed by atoms with Gasteiger partial charge in [0.2, 0.25) is 5.95 Å². The molecular formula is C23H26F3N7O2. The molecule has 3 N–H and O–H groups in total. The van der Waals surface area contributed by atoms with Crippen LogP contribution in [0.1, 0.15) is 29.3 Å². The van der Waals surface area contributed by atoms with Gasteiger partial charge in [0.1, 0.15) is 12.2 Å². The lowest BCUT2D eigenvalue weighted by atomic mass is 10.0. The Hall–Kier alpha value is -3.67. The Morgan fingerprint density at radius 1 is 1.20 bits per heavy atom. The van der Waals surface area contributed by atoms with Crippen LogP contribution in [-0.2, 0) is 0 Å². The van der Waals surface area contributed by atoms with Crippen molar-refractivity contribution in [2.45, 2.75) is 19.5 Å². The van der Waals surface area contributed by atoms with Crippen molar-refractivity contribution in [2.24, 2.45) is 4.99 Å². The van der Waals surface area contributed by atoms with E-state index < -0.39 is 18.6 Å². The Morgan fingerprint density at radius 2 is 1.89 bits per heavy atom. The summed E-state index contributed by atoms with van der Waals surface area (Å²) in [4.78, 5) is 32.9. The van der Waals surface area contributed by atoms with Gasteiger partial charge in [-0.15, -0.1) is 0 Å². The first-order chi connectivity index (χ1) is 16.6. The number of nitrogens with zero attached hydrogens (tertiary/aromatic N) is 5.